The third kappa shape index (κ3) is 6.20. The molecule has 0 aromatic heterocycles. The summed E-state index contributed by atoms with van der Waals surface area (Å²) in [5.41, 5.74) is -1.32. The highest BCUT2D eigenvalue weighted by Gasteiger charge is 2.43. The van der Waals surface area contributed by atoms with Crippen molar-refractivity contribution in [1.82, 2.24) is 18.8 Å². The highest BCUT2D eigenvalue weighted by Crippen LogP contribution is 2.31. The first-order valence-electron chi connectivity index (χ1n) is 11.4. The number of halogens is 4. The van der Waals surface area contributed by atoms with Gasteiger partial charge in [-0.25, -0.2) is 4.39 Å². The number of nitriles is 1. The topological polar surface area (TPSA) is 123 Å². The van der Waals surface area contributed by atoms with Crippen molar-refractivity contribution in [3.63, 3.8) is 0 Å². The molecule has 2 amide bonds. The molecule has 10 nitrogen and oxygen atoms in total. The van der Waals surface area contributed by atoms with Crippen LogP contribution in [0.4, 0.5) is 17.6 Å². The van der Waals surface area contributed by atoms with Crippen LogP contribution in [0.3, 0.4) is 0 Å². The van der Waals surface area contributed by atoms with Gasteiger partial charge in [0.1, 0.15) is 18.0 Å². The minimum Gasteiger partial charge on any atom is -0.366 e. The van der Waals surface area contributed by atoms with Gasteiger partial charge in [-0.3, -0.25) is 9.59 Å². The minimum atomic E-state index is -4.71. The first-order chi connectivity index (χ1) is 17.2. The summed E-state index contributed by atoms with van der Waals surface area (Å²) in [6, 6.07) is 1.90. The van der Waals surface area contributed by atoms with Gasteiger partial charge in [0, 0.05) is 32.2 Å². The Kier molecular flexibility index (Phi) is 8.47. The van der Waals surface area contributed by atoms with Gasteiger partial charge in [-0.1, -0.05) is 6.07 Å². The Morgan fingerprint density at radius 2 is 1.86 bits per heavy atom. The Hall–Kier alpha value is -2.80. The smallest absolute Gasteiger partial charge is 0.366 e. The number of amides is 2. The van der Waals surface area contributed by atoms with E-state index in [1.165, 1.54) is 20.9 Å². The van der Waals surface area contributed by atoms with Crippen LogP contribution in [0.25, 0.3) is 0 Å². The van der Waals surface area contributed by atoms with Crippen molar-refractivity contribution in [3.05, 3.63) is 35.1 Å². The predicted molar refractivity (Wildman–Crippen MR) is 121 cm³/mol. The van der Waals surface area contributed by atoms with Crippen molar-refractivity contribution < 1.29 is 40.3 Å². The van der Waals surface area contributed by atoms with Crippen molar-refractivity contribution in [3.8, 4) is 6.07 Å². The summed E-state index contributed by atoms with van der Waals surface area (Å²) in [4.78, 5) is 26.8. The van der Waals surface area contributed by atoms with Gasteiger partial charge < -0.3 is 15.0 Å². The van der Waals surface area contributed by atoms with E-state index in [2.05, 4.69) is 5.32 Å². The number of ether oxygens (including phenoxy) is 1. The fourth-order valence-electron chi connectivity index (χ4n) is 3.92. The summed E-state index contributed by atoms with van der Waals surface area (Å²) < 4.78 is 85.9. The van der Waals surface area contributed by atoms with E-state index in [-0.39, 0.29) is 44.3 Å². The Labute approximate surface area is 211 Å². The average Bonchev–Trinajstić information content (AvgIpc) is 2.81. The van der Waals surface area contributed by atoms with Gasteiger partial charge in [-0.15, -0.1) is 0 Å². The van der Waals surface area contributed by atoms with E-state index in [1.807, 2.05) is 6.07 Å². The van der Waals surface area contributed by atoms with Crippen LogP contribution in [0.15, 0.2) is 18.2 Å². The van der Waals surface area contributed by atoms with Crippen LogP contribution in [0.2, 0.25) is 0 Å². The van der Waals surface area contributed by atoms with Gasteiger partial charge in [-0.05, 0) is 26.0 Å². The summed E-state index contributed by atoms with van der Waals surface area (Å²) in [7, 11) is -2.56. The number of carbonyl (C=O) groups is 2. The van der Waals surface area contributed by atoms with Crippen molar-refractivity contribution in [2.75, 3.05) is 39.8 Å². The van der Waals surface area contributed by atoms with E-state index in [0.29, 0.717) is 12.1 Å². The number of hydrogen-bond donors (Lipinski definition) is 1. The standard InChI is InChI=1S/C22H27F4N5O5S/c1-13(17-5-4-16(8-18(17)23)22(24,25)26)28-20(32)14(2)29(3)21(33)19-12-30(6-7-36-19)37(34,35)31-10-15(9-27)11-31/h4-5,8,13-15,19H,6-7,10-12H2,1-3H3,(H,28,32)/t13?,14?,19-/m0/s1. The van der Waals surface area contributed by atoms with E-state index in [0.717, 1.165) is 19.6 Å². The average molecular weight is 550 g/mol. The maximum atomic E-state index is 14.3. The van der Waals surface area contributed by atoms with E-state index in [1.54, 1.807) is 0 Å². The summed E-state index contributed by atoms with van der Waals surface area (Å²) >= 11 is 0. The Morgan fingerprint density at radius 3 is 2.43 bits per heavy atom. The normalized spacial score (nSPS) is 21.4. The van der Waals surface area contributed by atoms with E-state index >= 15 is 0 Å². The Bertz CT molecular complexity index is 1180. The lowest BCUT2D eigenvalue weighted by molar-refractivity contribution is -0.151. The number of benzene rings is 1. The zero-order chi connectivity index (χ0) is 27.7. The number of morpholine rings is 1. The van der Waals surface area contributed by atoms with E-state index in [4.69, 9.17) is 10.00 Å². The molecule has 0 bridgehead atoms. The SMILES string of the molecule is CC(NC(=O)C(C)N(C)C(=O)[C@@H]1CN(S(=O)(=O)N2CC(C#N)C2)CCO1)c1ccc(C(F)(F)F)cc1F. The van der Waals surface area contributed by atoms with Gasteiger partial charge in [0.05, 0.1) is 36.7 Å². The molecule has 2 heterocycles. The van der Waals surface area contributed by atoms with Crippen LogP contribution in [-0.2, 0) is 30.7 Å². The molecule has 15 heteroatoms. The number of likely N-dealkylation sites (N-methyl/N-ethyl adjacent to an activating group) is 1. The second kappa shape index (κ2) is 10.9. The molecule has 0 spiro atoms. The number of hydrogen-bond acceptors (Lipinski definition) is 6. The molecule has 0 aliphatic carbocycles. The monoisotopic (exact) mass is 549 g/mol. The van der Waals surface area contributed by atoms with E-state index < -0.39 is 57.8 Å². The molecule has 0 radical (unpaired) electrons. The second-order valence-electron chi connectivity index (χ2n) is 8.96. The molecule has 204 valence electrons. The lowest BCUT2D eigenvalue weighted by Crippen LogP contribution is -2.60. The zero-order valence-electron chi connectivity index (χ0n) is 20.3. The molecule has 3 rings (SSSR count). The van der Waals surface area contributed by atoms with Gasteiger partial charge in [-0.2, -0.15) is 35.5 Å². The van der Waals surface area contributed by atoms with Crippen LogP contribution >= 0.6 is 0 Å². The van der Waals surface area contributed by atoms with Crippen molar-refractivity contribution in [2.45, 2.75) is 38.2 Å². The van der Waals surface area contributed by atoms with Gasteiger partial charge in [0.15, 0.2) is 0 Å². The molecule has 1 aromatic rings. The summed E-state index contributed by atoms with van der Waals surface area (Å²) in [5.74, 6) is -2.88. The quantitative estimate of drug-likeness (QED) is 0.511. The van der Waals surface area contributed by atoms with Gasteiger partial charge in [0.2, 0.25) is 5.91 Å². The van der Waals surface area contributed by atoms with Crippen LogP contribution < -0.4 is 5.32 Å². The summed E-state index contributed by atoms with van der Waals surface area (Å²) in [6.45, 7) is 2.62. The summed E-state index contributed by atoms with van der Waals surface area (Å²) in [6.07, 6.45) is -5.89. The van der Waals surface area contributed by atoms with E-state index in [9.17, 15) is 35.6 Å². The number of nitrogens with zero attached hydrogens (tertiary/aromatic N) is 4. The molecule has 2 aliphatic heterocycles. The minimum absolute atomic E-state index is 0.0236. The first kappa shape index (κ1) is 28.8. The highest BCUT2D eigenvalue weighted by molar-refractivity contribution is 7.86. The van der Waals surface area contributed by atoms with Crippen LogP contribution in [0.1, 0.15) is 31.0 Å². The number of nitrogens with one attached hydrogen (secondary N) is 1. The van der Waals surface area contributed by atoms with Crippen molar-refractivity contribution in [2.24, 2.45) is 5.92 Å². The van der Waals surface area contributed by atoms with Crippen molar-refractivity contribution in [1.29, 1.82) is 5.26 Å². The van der Waals surface area contributed by atoms with Crippen molar-refractivity contribution >= 4 is 22.0 Å². The van der Waals surface area contributed by atoms with Crippen LogP contribution in [-0.4, -0.2) is 85.7 Å². The molecule has 1 aromatic carbocycles. The maximum Gasteiger partial charge on any atom is 0.416 e. The van der Waals surface area contributed by atoms with Crippen LogP contribution in [0.5, 0.6) is 0 Å². The Morgan fingerprint density at radius 1 is 1.22 bits per heavy atom. The van der Waals surface area contributed by atoms with Crippen LogP contribution in [0, 0.1) is 23.1 Å². The molecule has 2 fully saturated rings. The third-order valence-corrected chi connectivity index (χ3v) is 8.38. The molecule has 2 saturated heterocycles. The molecule has 3 atom stereocenters. The third-order valence-electron chi connectivity index (χ3n) is 6.45. The predicted octanol–water partition coefficient (Wildman–Crippen LogP) is 1.27. The molecule has 2 unspecified atom stereocenters. The van der Waals surface area contributed by atoms with Gasteiger partial charge in [0.25, 0.3) is 16.1 Å². The lowest BCUT2D eigenvalue weighted by atomic mass is 10.0. The maximum absolute atomic E-state index is 14.3. The largest absolute Gasteiger partial charge is 0.416 e. The fourth-order valence-corrected chi connectivity index (χ4v) is 5.61. The zero-order valence-corrected chi connectivity index (χ0v) is 21.1. The number of alkyl halides is 3. The lowest BCUT2D eigenvalue weighted by Gasteiger charge is -2.40. The molecular formula is C22H27F4N5O5S. The fraction of sp³-hybridized carbons (Fsp3) is 0.591. The number of rotatable bonds is 7. The summed E-state index contributed by atoms with van der Waals surface area (Å²) in [5, 5.41) is 11.4. The second-order valence-corrected chi connectivity index (χ2v) is 10.9. The number of carbonyl (C=O) groups excluding carboxylic acids is 2. The molecule has 0 saturated carbocycles. The Balaban J connectivity index is 1.61. The molecule has 37 heavy (non-hydrogen) atoms. The molecule has 1 N–H and O–H groups in total. The molecule has 2 aliphatic rings. The van der Waals surface area contributed by atoms with Gasteiger partial charge >= 0.3 is 6.18 Å². The highest BCUT2D eigenvalue weighted by atomic mass is 32.2. The first-order valence-corrected chi connectivity index (χ1v) is 12.8. The molecular weight excluding hydrogens is 522 g/mol.